The topological polar surface area (TPSA) is 134 Å². The lowest BCUT2D eigenvalue weighted by Crippen LogP contribution is -2.29. The number of esters is 2. The van der Waals surface area contributed by atoms with E-state index in [9.17, 15) is 19.0 Å². The second-order valence-corrected chi connectivity index (χ2v) is 27.7. The monoisotopic (exact) mass is 1210 g/mol. The Bertz CT molecular complexity index is 1340. The van der Waals surface area contributed by atoms with Crippen LogP contribution in [0.4, 0.5) is 0 Å². The Labute approximate surface area is 524 Å². The van der Waals surface area contributed by atoms with Gasteiger partial charge in [0.2, 0.25) is 0 Å². The van der Waals surface area contributed by atoms with Gasteiger partial charge in [-0.3, -0.25) is 18.6 Å². The highest BCUT2D eigenvalue weighted by molar-refractivity contribution is 7.47. The molecule has 0 aliphatic carbocycles. The first kappa shape index (κ1) is 83.0. The van der Waals surface area contributed by atoms with Crippen LogP contribution in [0, 0.1) is 0 Å². The van der Waals surface area contributed by atoms with Gasteiger partial charge in [-0.15, -0.1) is 0 Å². The van der Waals surface area contributed by atoms with Crippen molar-refractivity contribution in [1.82, 2.24) is 0 Å². The molecule has 0 heterocycles. The summed E-state index contributed by atoms with van der Waals surface area (Å²) < 4.78 is 33.2. The zero-order chi connectivity index (χ0) is 60.9. The molecule has 0 fully saturated rings. The molecule has 0 radical (unpaired) electrons. The summed E-state index contributed by atoms with van der Waals surface area (Å²) in [6.07, 6.45) is 85.3. The Morgan fingerprint density at radius 3 is 0.726 bits per heavy atom. The fourth-order valence-electron chi connectivity index (χ4n) is 12.1. The van der Waals surface area contributed by atoms with Crippen molar-refractivity contribution in [1.29, 1.82) is 0 Å². The molecule has 84 heavy (non-hydrogen) atoms. The van der Waals surface area contributed by atoms with Crippen molar-refractivity contribution in [2.45, 2.75) is 437 Å². The molecule has 2 atom stereocenters. The highest BCUT2D eigenvalue weighted by atomic mass is 31.2. The molecule has 0 aromatic carbocycles. The summed E-state index contributed by atoms with van der Waals surface area (Å²) in [6.45, 7) is 3.85. The van der Waals surface area contributed by atoms with Gasteiger partial charge in [-0.05, 0) is 12.8 Å². The molecule has 3 N–H and O–H groups in total. The van der Waals surface area contributed by atoms with Gasteiger partial charge in [-0.1, -0.05) is 406 Å². The van der Waals surface area contributed by atoms with Crippen LogP contribution < -0.4 is 5.73 Å². The molecule has 0 saturated carbocycles. The van der Waals surface area contributed by atoms with Crippen LogP contribution in [0.2, 0.25) is 0 Å². The van der Waals surface area contributed by atoms with Crippen LogP contribution in [-0.2, 0) is 32.7 Å². The minimum absolute atomic E-state index is 0.0589. The molecule has 0 rings (SSSR count). The van der Waals surface area contributed by atoms with Crippen LogP contribution >= 0.6 is 7.82 Å². The Balaban J connectivity index is 3.73. The molecular formula is C74H148NO8P. The lowest BCUT2D eigenvalue weighted by Gasteiger charge is -2.19. The molecular weight excluding hydrogens is 1060 g/mol. The van der Waals surface area contributed by atoms with Crippen molar-refractivity contribution in [3.63, 3.8) is 0 Å². The molecule has 0 aliphatic rings. The van der Waals surface area contributed by atoms with E-state index in [-0.39, 0.29) is 32.1 Å². The van der Waals surface area contributed by atoms with Gasteiger partial charge in [-0.25, -0.2) is 4.57 Å². The molecule has 0 aromatic rings. The average Bonchev–Trinajstić information content (AvgIpc) is 3.58. The first-order chi connectivity index (χ1) is 41.3. The third kappa shape index (κ3) is 70.1. The number of nitrogens with two attached hydrogens (primary N) is 1. The quantitative estimate of drug-likeness (QED) is 0.0347. The van der Waals surface area contributed by atoms with E-state index in [1.54, 1.807) is 0 Å². The van der Waals surface area contributed by atoms with E-state index in [4.69, 9.17) is 24.3 Å². The molecule has 502 valence electrons. The van der Waals surface area contributed by atoms with Crippen molar-refractivity contribution in [2.24, 2.45) is 5.73 Å². The summed E-state index contributed by atoms with van der Waals surface area (Å²) >= 11 is 0. The van der Waals surface area contributed by atoms with E-state index in [0.29, 0.717) is 12.8 Å². The Morgan fingerprint density at radius 2 is 0.512 bits per heavy atom. The van der Waals surface area contributed by atoms with Crippen LogP contribution in [0.25, 0.3) is 0 Å². The van der Waals surface area contributed by atoms with Crippen LogP contribution in [0.5, 0.6) is 0 Å². The summed E-state index contributed by atoms with van der Waals surface area (Å²) in [5.41, 5.74) is 5.41. The van der Waals surface area contributed by atoms with Crippen molar-refractivity contribution in [3.8, 4) is 0 Å². The molecule has 0 bridgehead atoms. The van der Waals surface area contributed by atoms with E-state index in [1.165, 1.54) is 366 Å². The summed E-state index contributed by atoms with van der Waals surface area (Å²) in [5.74, 6) is -0.796. The number of unbranched alkanes of at least 4 members (excludes halogenated alkanes) is 61. The fraction of sp³-hybridized carbons (Fsp3) is 0.973. The van der Waals surface area contributed by atoms with E-state index >= 15 is 0 Å². The average molecular weight is 1210 g/mol. The summed E-state index contributed by atoms with van der Waals surface area (Å²) in [6, 6.07) is 0. The zero-order valence-corrected chi connectivity index (χ0v) is 57.6. The minimum atomic E-state index is -4.39. The summed E-state index contributed by atoms with van der Waals surface area (Å²) in [7, 11) is -4.39. The predicted octanol–water partition coefficient (Wildman–Crippen LogP) is 24.9. The van der Waals surface area contributed by atoms with Gasteiger partial charge in [-0.2, -0.15) is 0 Å². The SMILES string of the molecule is CCCCCCCCCCCCCCCCCCCCCCCCCCCCCCCCCCCCCCCC(=O)OC(COC(=O)CCCCCCCCCCCCCCCCCCCCCCCCCCCC)COP(=O)(O)OCCN. The van der Waals surface area contributed by atoms with Gasteiger partial charge in [0.25, 0.3) is 0 Å². The van der Waals surface area contributed by atoms with Gasteiger partial charge in [0, 0.05) is 19.4 Å². The zero-order valence-electron chi connectivity index (χ0n) is 56.7. The highest BCUT2D eigenvalue weighted by Gasteiger charge is 2.26. The first-order valence-corrected chi connectivity index (χ1v) is 39.5. The number of phosphoric acid groups is 1. The summed E-state index contributed by atoms with van der Waals surface area (Å²) in [4.78, 5) is 35.4. The van der Waals surface area contributed by atoms with Crippen LogP contribution in [0.15, 0.2) is 0 Å². The fourth-order valence-corrected chi connectivity index (χ4v) is 12.9. The van der Waals surface area contributed by atoms with Gasteiger partial charge in [0.05, 0.1) is 13.2 Å². The Kier molecular flexibility index (Phi) is 70.3. The number of ether oxygens (including phenoxy) is 2. The highest BCUT2D eigenvalue weighted by Crippen LogP contribution is 2.43. The van der Waals surface area contributed by atoms with E-state index in [2.05, 4.69) is 13.8 Å². The van der Waals surface area contributed by atoms with Crippen LogP contribution in [0.3, 0.4) is 0 Å². The van der Waals surface area contributed by atoms with Crippen molar-refractivity contribution < 1.29 is 37.6 Å². The molecule has 10 heteroatoms. The maximum absolute atomic E-state index is 12.8. The van der Waals surface area contributed by atoms with Crippen molar-refractivity contribution >= 4 is 19.8 Å². The number of phosphoric ester groups is 1. The summed E-state index contributed by atoms with van der Waals surface area (Å²) in [5, 5.41) is 0. The third-order valence-corrected chi connectivity index (χ3v) is 18.7. The Morgan fingerprint density at radius 1 is 0.310 bits per heavy atom. The van der Waals surface area contributed by atoms with Gasteiger partial charge >= 0.3 is 19.8 Å². The van der Waals surface area contributed by atoms with E-state index < -0.39 is 26.5 Å². The maximum atomic E-state index is 12.8. The molecule has 0 amide bonds. The number of carbonyl (C=O) groups excluding carboxylic acids is 2. The molecule has 0 saturated heterocycles. The normalized spacial score (nSPS) is 12.8. The van der Waals surface area contributed by atoms with Crippen molar-refractivity contribution in [3.05, 3.63) is 0 Å². The second-order valence-electron chi connectivity index (χ2n) is 26.2. The first-order valence-electron chi connectivity index (χ1n) is 38.0. The maximum Gasteiger partial charge on any atom is 0.472 e. The standard InChI is InChI=1S/C74H148NO8P/c1-3-5-7-9-11-13-15-17-19-21-23-25-27-29-31-32-33-34-35-36-37-38-39-40-41-43-45-47-49-51-53-55-57-59-61-63-65-67-74(77)83-72(71-82-84(78,79)81-69-68-75)70-80-73(76)66-64-62-60-58-56-54-52-50-48-46-44-42-30-28-26-24-22-20-18-16-14-12-10-8-6-4-2/h72H,3-71,75H2,1-2H3,(H,78,79). The number of hydrogen-bond acceptors (Lipinski definition) is 8. The minimum Gasteiger partial charge on any atom is -0.462 e. The van der Waals surface area contributed by atoms with Crippen LogP contribution in [0.1, 0.15) is 431 Å². The molecule has 9 nitrogen and oxygen atoms in total. The number of hydrogen-bond donors (Lipinski definition) is 2. The number of rotatable bonds is 74. The lowest BCUT2D eigenvalue weighted by atomic mass is 10.0. The smallest absolute Gasteiger partial charge is 0.462 e. The predicted molar refractivity (Wildman–Crippen MR) is 363 cm³/mol. The van der Waals surface area contributed by atoms with E-state index in [0.717, 1.165) is 32.1 Å². The third-order valence-electron chi connectivity index (χ3n) is 17.7. The van der Waals surface area contributed by atoms with Crippen molar-refractivity contribution in [2.75, 3.05) is 26.4 Å². The molecule has 0 aromatic heterocycles. The van der Waals surface area contributed by atoms with Crippen LogP contribution in [-0.4, -0.2) is 49.3 Å². The second kappa shape index (κ2) is 71.1. The van der Waals surface area contributed by atoms with Gasteiger partial charge in [0.15, 0.2) is 6.10 Å². The molecule has 0 aliphatic heterocycles. The Hall–Kier alpha value is -0.990. The largest absolute Gasteiger partial charge is 0.472 e. The number of carbonyl (C=O) groups is 2. The molecule has 0 spiro atoms. The molecule has 2 unspecified atom stereocenters. The van der Waals surface area contributed by atoms with Gasteiger partial charge in [0.1, 0.15) is 6.61 Å². The van der Waals surface area contributed by atoms with E-state index in [1.807, 2.05) is 0 Å². The van der Waals surface area contributed by atoms with Gasteiger partial charge < -0.3 is 20.1 Å². The lowest BCUT2D eigenvalue weighted by molar-refractivity contribution is -0.161.